The number of nitrogens with two attached hydrogens (primary N) is 1. The number of hydrogen-bond donors (Lipinski definition) is 10. The number of fused-ring (bicyclic) bond motifs is 1. The average molecular weight is 902 g/mol. The van der Waals surface area contributed by atoms with Crippen LogP contribution in [-0.2, 0) is 57.1 Å². The molecule has 322 valence electrons. The molecule has 1 fully saturated rings. The highest BCUT2D eigenvalue weighted by Crippen LogP contribution is 2.61. The van der Waals surface area contributed by atoms with Crippen LogP contribution < -0.4 is 16.4 Å². The molecule has 1 aliphatic heterocycles. The van der Waals surface area contributed by atoms with Gasteiger partial charge < -0.3 is 56.0 Å². The first-order chi connectivity index (χ1) is 27.0. The van der Waals surface area contributed by atoms with Gasteiger partial charge in [-0.05, 0) is 17.7 Å². The minimum Gasteiger partial charge on any atom is -0.508 e. The van der Waals surface area contributed by atoms with Gasteiger partial charge >= 0.3 is 23.5 Å². The van der Waals surface area contributed by atoms with Crippen LogP contribution in [0.2, 0.25) is 0 Å². The Labute approximate surface area is 333 Å². The van der Waals surface area contributed by atoms with Crippen LogP contribution in [-0.4, -0.2) is 128 Å². The van der Waals surface area contributed by atoms with Gasteiger partial charge in [-0.3, -0.25) is 32.5 Å². The SMILES string of the molecule is CC(C)(COP(=O)(O)OP(=O)(O)OC[C@H]1O[C@@H](n2cnc3c(N)ncnc32)[C@H](O)[C@@H]1OP(=O)(O)O)[C@@H](O)C(=O)NCCC(=O)NCCSC(=O)Cc1ccc(O)cc1. The van der Waals surface area contributed by atoms with Crippen molar-refractivity contribution in [3.05, 3.63) is 42.5 Å². The van der Waals surface area contributed by atoms with Crippen molar-refractivity contribution in [2.75, 3.05) is 37.8 Å². The van der Waals surface area contributed by atoms with Crippen molar-refractivity contribution in [1.29, 1.82) is 0 Å². The Hall–Kier alpha value is -3.42. The van der Waals surface area contributed by atoms with Gasteiger partial charge in [0.15, 0.2) is 22.8 Å². The third-order valence-corrected chi connectivity index (χ3v) is 12.0. The van der Waals surface area contributed by atoms with Crippen molar-refractivity contribution in [1.82, 2.24) is 30.2 Å². The Morgan fingerprint density at radius 3 is 2.36 bits per heavy atom. The molecule has 0 spiro atoms. The number of phenolic OH excluding ortho intramolecular Hbond substituents is 1. The van der Waals surface area contributed by atoms with E-state index < -0.39 is 84.6 Å². The second-order valence-corrected chi connectivity index (χ2v) is 18.5. The van der Waals surface area contributed by atoms with Crippen LogP contribution >= 0.6 is 35.2 Å². The van der Waals surface area contributed by atoms with Crippen molar-refractivity contribution in [3.8, 4) is 5.75 Å². The smallest absolute Gasteiger partial charge is 0.481 e. The van der Waals surface area contributed by atoms with Crippen molar-refractivity contribution in [2.45, 2.75) is 57.3 Å². The van der Waals surface area contributed by atoms with Gasteiger partial charge in [0.1, 0.15) is 42.0 Å². The molecule has 4 rings (SSSR count). The van der Waals surface area contributed by atoms with Gasteiger partial charge in [-0.2, -0.15) is 4.31 Å². The van der Waals surface area contributed by atoms with Crippen LogP contribution in [0, 0.1) is 5.41 Å². The van der Waals surface area contributed by atoms with Crippen molar-refractivity contribution in [3.63, 3.8) is 0 Å². The minimum absolute atomic E-state index is 0.0252. The topological polar surface area (TPSA) is 384 Å². The number of benzene rings is 1. The molecular formula is C29H42N7O18P3S. The molecule has 0 aliphatic carbocycles. The highest BCUT2D eigenvalue weighted by atomic mass is 32.2. The fourth-order valence-electron chi connectivity index (χ4n) is 5.13. The van der Waals surface area contributed by atoms with E-state index in [0.29, 0.717) is 0 Å². The van der Waals surface area contributed by atoms with Crippen molar-refractivity contribution >= 4 is 69.1 Å². The fraction of sp³-hybridized carbons (Fsp3) is 0.517. The molecule has 1 aromatic carbocycles. The third kappa shape index (κ3) is 13.8. The maximum Gasteiger partial charge on any atom is 0.481 e. The summed E-state index contributed by atoms with van der Waals surface area (Å²) in [6.45, 7) is 0.375. The molecule has 2 unspecified atom stereocenters. The highest BCUT2D eigenvalue weighted by molar-refractivity contribution is 8.13. The molecule has 3 heterocycles. The lowest BCUT2D eigenvalue weighted by atomic mass is 9.87. The van der Waals surface area contributed by atoms with Crippen LogP contribution in [0.5, 0.6) is 5.75 Å². The Morgan fingerprint density at radius 2 is 1.69 bits per heavy atom. The molecule has 3 aromatic rings. The van der Waals surface area contributed by atoms with E-state index in [1.807, 2.05) is 0 Å². The number of anilines is 1. The lowest BCUT2D eigenvalue weighted by molar-refractivity contribution is -0.137. The number of nitrogen functional groups attached to an aromatic ring is 1. The third-order valence-electron chi connectivity index (χ3n) is 8.05. The van der Waals surface area contributed by atoms with Crippen molar-refractivity contribution < 1.29 is 85.6 Å². The van der Waals surface area contributed by atoms with E-state index >= 15 is 0 Å². The number of aliphatic hydroxyl groups excluding tert-OH is 2. The van der Waals surface area contributed by atoms with E-state index in [9.17, 15) is 63.0 Å². The summed E-state index contributed by atoms with van der Waals surface area (Å²) in [7, 11) is -16.4. The van der Waals surface area contributed by atoms with E-state index in [1.165, 1.54) is 26.0 Å². The number of nitrogens with zero attached hydrogens (tertiary/aromatic N) is 4. The summed E-state index contributed by atoms with van der Waals surface area (Å²) in [4.78, 5) is 87.8. The standard InChI is InChI=1S/C29H42N7O18P3S/c1-29(2,24(41)27(42)32-8-7-19(38)31-9-10-58-20(39)11-16-3-5-17(37)6-4-16)13-51-57(48,49)54-56(46,47)50-12-18-23(53-55(43,44)45)22(40)28(52-18)36-15-35-21-25(30)33-14-34-26(21)36/h3-6,14-15,18,22-24,28,37,40-41H,7-13H2,1-2H3,(H,31,38)(H,32,42)(H,46,47)(H,48,49)(H2,30,33,34)(H2,43,44,45)/t18-,22-,23-,24+,28-/m1/s1. The van der Waals surface area contributed by atoms with E-state index in [2.05, 4.69) is 34.4 Å². The number of aromatic hydroxyl groups is 1. The number of phosphoric ester groups is 3. The molecule has 0 saturated carbocycles. The summed E-state index contributed by atoms with van der Waals surface area (Å²) < 4.78 is 62.1. The molecule has 1 aliphatic rings. The van der Waals surface area contributed by atoms with Crippen molar-refractivity contribution in [2.24, 2.45) is 5.41 Å². The average Bonchev–Trinajstić information content (AvgIpc) is 3.69. The molecule has 58 heavy (non-hydrogen) atoms. The van der Waals surface area contributed by atoms with E-state index in [1.54, 1.807) is 12.1 Å². The molecule has 29 heteroatoms. The molecule has 0 bridgehead atoms. The lowest BCUT2D eigenvalue weighted by Gasteiger charge is -2.30. The van der Waals surface area contributed by atoms with Gasteiger partial charge in [0.2, 0.25) is 11.8 Å². The second-order valence-electron chi connectivity index (χ2n) is 13.1. The first-order valence-electron chi connectivity index (χ1n) is 16.8. The number of aromatic nitrogens is 4. The number of phosphoric acid groups is 3. The number of hydrogen-bond acceptors (Lipinski definition) is 19. The maximum atomic E-state index is 12.7. The van der Waals surface area contributed by atoms with Crippen LogP contribution in [0.1, 0.15) is 32.1 Å². The lowest BCUT2D eigenvalue weighted by Crippen LogP contribution is -2.46. The first-order valence-corrected chi connectivity index (χ1v) is 22.3. The second kappa shape index (κ2) is 19.8. The molecule has 0 radical (unpaired) electrons. The van der Waals surface area contributed by atoms with Crippen LogP contribution in [0.3, 0.4) is 0 Å². The number of rotatable bonds is 21. The van der Waals surface area contributed by atoms with Crippen LogP contribution in [0.15, 0.2) is 36.9 Å². The maximum absolute atomic E-state index is 12.7. The van der Waals surface area contributed by atoms with E-state index in [4.69, 9.17) is 19.5 Å². The molecular weight excluding hydrogens is 859 g/mol. The Bertz CT molecular complexity index is 2070. The quantitative estimate of drug-likeness (QED) is 0.0481. The Balaban J connectivity index is 1.21. The van der Waals surface area contributed by atoms with Gasteiger partial charge in [0.25, 0.3) is 0 Å². The Morgan fingerprint density at radius 1 is 1.02 bits per heavy atom. The number of aliphatic hydroxyl groups is 2. The number of amides is 2. The number of imidazole rings is 1. The van der Waals surface area contributed by atoms with Gasteiger partial charge in [0.05, 0.1) is 19.5 Å². The zero-order chi connectivity index (χ0) is 43.1. The summed E-state index contributed by atoms with van der Waals surface area (Å²) >= 11 is 1.01. The molecule has 1 saturated heterocycles. The van der Waals surface area contributed by atoms with Gasteiger partial charge in [-0.25, -0.2) is 28.6 Å². The number of carbonyl (C=O) groups excluding carboxylic acids is 3. The van der Waals surface area contributed by atoms with Gasteiger partial charge in [0, 0.05) is 37.1 Å². The molecule has 2 amide bonds. The predicted molar refractivity (Wildman–Crippen MR) is 199 cm³/mol. The Kier molecular flexibility index (Phi) is 16.1. The number of nitrogens with one attached hydrogen (secondary N) is 2. The minimum atomic E-state index is -5.58. The normalized spacial score (nSPS) is 21.2. The summed E-state index contributed by atoms with van der Waals surface area (Å²) in [5.74, 6) is -1.15. The largest absolute Gasteiger partial charge is 0.508 e. The number of phenols is 1. The summed E-state index contributed by atoms with van der Waals surface area (Å²) in [6, 6.07) is 6.17. The number of thioether (sulfide) groups is 1. The molecule has 25 nitrogen and oxygen atoms in total. The summed E-state index contributed by atoms with van der Waals surface area (Å²) in [5, 5.41) is 35.5. The number of carbonyl (C=O) groups is 3. The zero-order valence-corrected chi connectivity index (χ0v) is 34.0. The van der Waals surface area contributed by atoms with Crippen LogP contribution in [0.25, 0.3) is 11.2 Å². The first kappa shape index (κ1) is 47.3. The van der Waals surface area contributed by atoms with Gasteiger partial charge in [-0.1, -0.05) is 37.7 Å². The number of ether oxygens (including phenoxy) is 1. The van der Waals surface area contributed by atoms with Crippen LogP contribution in [0.4, 0.5) is 5.82 Å². The molecule has 2 aromatic heterocycles. The molecule has 7 atom stereocenters. The monoisotopic (exact) mass is 901 g/mol. The molecule has 11 N–H and O–H groups in total. The highest BCUT2D eigenvalue weighted by Gasteiger charge is 2.50. The van der Waals surface area contributed by atoms with E-state index in [-0.39, 0.29) is 59.5 Å². The fourth-order valence-corrected chi connectivity index (χ4v) is 8.66. The van der Waals surface area contributed by atoms with E-state index in [0.717, 1.165) is 34.5 Å². The summed E-state index contributed by atoms with van der Waals surface area (Å²) in [5.41, 5.74) is 4.95. The predicted octanol–water partition coefficient (Wildman–Crippen LogP) is -0.387. The zero-order valence-electron chi connectivity index (χ0n) is 30.5. The van der Waals surface area contributed by atoms with Gasteiger partial charge in [-0.15, -0.1) is 0 Å². The summed E-state index contributed by atoms with van der Waals surface area (Å²) in [6.07, 6.45) is -6.86.